The van der Waals surface area contributed by atoms with Crippen molar-refractivity contribution in [2.75, 3.05) is 27.2 Å². The highest BCUT2D eigenvalue weighted by Gasteiger charge is 2.09. The predicted octanol–water partition coefficient (Wildman–Crippen LogP) is 3.88. The van der Waals surface area contributed by atoms with Crippen molar-refractivity contribution in [3.63, 3.8) is 0 Å². The first-order valence-corrected chi connectivity index (χ1v) is 10.0. The second kappa shape index (κ2) is 10.8. The summed E-state index contributed by atoms with van der Waals surface area (Å²) in [5, 5.41) is 6.72. The van der Waals surface area contributed by atoms with Crippen molar-refractivity contribution in [3.8, 4) is 5.75 Å². The number of guanidine groups is 1. The lowest BCUT2D eigenvalue weighted by atomic mass is 10.2. The highest BCUT2D eigenvalue weighted by molar-refractivity contribution is 7.09. The number of benzene rings is 1. The lowest BCUT2D eigenvalue weighted by Gasteiger charge is -2.23. The molecule has 0 aliphatic heterocycles. The van der Waals surface area contributed by atoms with Gasteiger partial charge in [-0.3, -0.25) is 4.99 Å². The van der Waals surface area contributed by atoms with Gasteiger partial charge in [-0.2, -0.15) is 0 Å². The molecule has 6 heteroatoms. The highest BCUT2D eigenvalue weighted by Crippen LogP contribution is 2.18. The Morgan fingerprint density at radius 1 is 1.31 bits per heavy atom. The van der Waals surface area contributed by atoms with E-state index in [1.807, 2.05) is 25.1 Å². The standard InChI is InChI=1S/C20H30N4OS/c1-5-21-20(22-13-9-8-12-19-23-16(2)15-26-19)24(3)14-17-10-6-7-11-18(17)25-4/h6-7,10-11,15H,5,8-9,12-14H2,1-4H3,(H,21,22). The Bertz CT molecular complexity index is 699. The van der Waals surface area contributed by atoms with Crippen LogP contribution in [-0.4, -0.2) is 43.1 Å². The molecular weight excluding hydrogens is 344 g/mol. The van der Waals surface area contributed by atoms with Gasteiger partial charge in [0.15, 0.2) is 5.96 Å². The van der Waals surface area contributed by atoms with E-state index in [1.54, 1.807) is 18.4 Å². The van der Waals surface area contributed by atoms with Crippen molar-refractivity contribution in [1.82, 2.24) is 15.2 Å². The number of methoxy groups -OCH3 is 1. The molecule has 0 radical (unpaired) electrons. The molecule has 1 aromatic heterocycles. The van der Waals surface area contributed by atoms with Gasteiger partial charge < -0.3 is 15.0 Å². The molecule has 0 saturated heterocycles. The molecular formula is C20H30N4OS. The summed E-state index contributed by atoms with van der Waals surface area (Å²) in [6.07, 6.45) is 3.23. The van der Waals surface area contributed by atoms with Crippen LogP contribution >= 0.6 is 11.3 Å². The molecule has 0 spiro atoms. The number of aliphatic imine (C=N–C) groups is 1. The van der Waals surface area contributed by atoms with Crippen LogP contribution in [0, 0.1) is 6.92 Å². The van der Waals surface area contributed by atoms with Crippen LogP contribution in [0.25, 0.3) is 0 Å². The van der Waals surface area contributed by atoms with E-state index in [-0.39, 0.29) is 0 Å². The molecule has 0 atom stereocenters. The molecule has 2 rings (SSSR count). The van der Waals surface area contributed by atoms with E-state index in [9.17, 15) is 0 Å². The highest BCUT2D eigenvalue weighted by atomic mass is 32.1. The topological polar surface area (TPSA) is 49.8 Å². The molecule has 0 amide bonds. The maximum Gasteiger partial charge on any atom is 0.193 e. The zero-order valence-electron chi connectivity index (χ0n) is 16.3. The number of nitrogens with one attached hydrogen (secondary N) is 1. The quantitative estimate of drug-likeness (QED) is 0.411. The van der Waals surface area contributed by atoms with Crippen LogP contribution in [-0.2, 0) is 13.0 Å². The van der Waals surface area contributed by atoms with Crippen molar-refractivity contribution < 1.29 is 4.74 Å². The average Bonchev–Trinajstić information content (AvgIpc) is 3.06. The minimum Gasteiger partial charge on any atom is -0.496 e. The number of hydrogen-bond donors (Lipinski definition) is 1. The Morgan fingerprint density at radius 2 is 2.12 bits per heavy atom. The molecule has 0 bridgehead atoms. The van der Waals surface area contributed by atoms with Gasteiger partial charge >= 0.3 is 0 Å². The Hall–Kier alpha value is -2.08. The van der Waals surface area contributed by atoms with Crippen LogP contribution in [0.3, 0.4) is 0 Å². The summed E-state index contributed by atoms with van der Waals surface area (Å²) < 4.78 is 5.45. The number of unbranched alkanes of at least 4 members (excludes halogenated alkanes) is 1. The van der Waals surface area contributed by atoms with Crippen LogP contribution in [0.2, 0.25) is 0 Å². The fraction of sp³-hybridized carbons (Fsp3) is 0.500. The summed E-state index contributed by atoms with van der Waals surface area (Å²) >= 11 is 1.75. The largest absolute Gasteiger partial charge is 0.496 e. The first-order chi connectivity index (χ1) is 12.6. The normalized spacial score (nSPS) is 11.5. The number of thiazole rings is 1. The van der Waals surface area contributed by atoms with Gasteiger partial charge in [0.2, 0.25) is 0 Å². The van der Waals surface area contributed by atoms with E-state index in [4.69, 9.17) is 9.73 Å². The molecule has 0 saturated carbocycles. The first kappa shape index (κ1) is 20.2. The lowest BCUT2D eigenvalue weighted by molar-refractivity contribution is 0.396. The number of hydrogen-bond acceptors (Lipinski definition) is 4. The van der Waals surface area contributed by atoms with Crippen LogP contribution in [0.1, 0.15) is 36.0 Å². The summed E-state index contributed by atoms with van der Waals surface area (Å²) in [6.45, 7) is 6.58. The maximum absolute atomic E-state index is 5.45. The predicted molar refractivity (Wildman–Crippen MR) is 110 cm³/mol. The Morgan fingerprint density at radius 3 is 2.81 bits per heavy atom. The average molecular weight is 375 g/mol. The van der Waals surface area contributed by atoms with E-state index in [0.29, 0.717) is 0 Å². The van der Waals surface area contributed by atoms with Crippen molar-refractivity contribution in [3.05, 3.63) is 45.9 Å². The molecule has 1 aromatic carbocycles. The summed E-state index contributed by atoms with van der Waals surface area (Å²) in [5.74, 6) is 1.84. The van der Waals surface area contributed by atoms with Gasteiger partial charge in [0.1, 0.15) is 5.75 Å². The second-order valence-electron chi connectivity index (χ2n) is 6.24. The van der Waals surface area contributed by atoms with Gasteiger partial charge in [0.25, 0.3) is 0 Å². The summed E-state index contributed by atoms with van der Waals surface area (Å²) in [6, 6.07) is 8.12. The SMILES string of the molecule is CCNC(=NCCCCc1nc(C)cs1)N(C)Cc1ccccc1OC. The molecule has 0 aliphatic carbocycles. The number of rotatable bonds is 9. The summed E-state index contributed by atoms with van der Waals surface area (Å²) in [4.78, 5) is 11.4. The molecule has 26 heavy (non-hydrogen) atoms. The van der Waals surface area contributed by atoms with Gasteiger partial charge in [-0.15, -0.1) is 11.3 Å². The molecule has 142 valence electrons. The van der Waals surface area contributed by atoms with Gasteiger partial charge in [0.05, 0.1) is 12.1 Å². The molecule has 1 heterocycles. The van der Waals surface area contributed by atoms with Gasteiger partial charge in [-0.25, -0.2) is 4.98 Å². The Balaban J connectivity index is 1.86. The van der Waals surface area contributed by atoms with E-state index in [0.717, 1.165) is 61.9 Å². The van der Waals surface area contributed by atoms with Crippen LogP contribution in [0.4, 0.5) is 0 Å². The zero-order valence-corrected chi connectivity index (χ0v) is 17.1. The van der Waals surface area contributed by atoms with Crippen LogP contribution in [0.5, 0.6) is 5.75 Å². The molecule has 0 unspecified atom stereocenters. The minimum absolute atomic E-state index is 0.758. The number of ether oxygens (including phenoxy) is 1. The molecule has 0 fully saturated rings. The van der Waals surface area contributed by atoms with Crippen molar-refractivity contribution >= 4 is 17.3 Å². The van der Waals surface area contributed by atoms with Gasteiger partial charge in [0, 0.05) is 43.3 Å². The zero-order chi connectivity index (χ0) is 18.8. The maximum atomic E-state index is 5.45. The van der Waals surface area contributed by atoms with Crippen molar-refractivity contribution in [2.45, 2.75) is 39.7 Å². The van der Waals surface area contributed by atoms with E-state index < -0.39 is 0 Å². The van der Waals surface area contributed by atoms with E-state index >= 15 is 0 Å². The number of aryl methyl sites for hydroxylation is 2. The fourth-order valence-corrected chi connectivity index (χ4v) is 3.54. The molecule has 0 aliphatic rings. The fourth-order valence-electron chi connectivity index (χ4n) is 2.72. The monoisotopic (exact) mass is 374 g/mol. The molecule has 2 aromatic rings. The Kier molecular flexibility index (Phi) is 8.41. The minimum atomic E-state index is 0.758. The number of para-hydroxylation sites is 1. The van der Waals surface area contributed by atoms with Gasteiger partial charge in [-0.05, 0) is 39.2 Å². The van der Waals surface area contributed by atoms with Crippen LogP contribution < -0.4 is 10.1 Å². The lowest BCUT2D eigenvalue weighted by Crippen LogP contribution is -2.38. The van der Waals surface area contributed by atoms with Crippen molar-refractivity contribution in [2.24, 2.45) is 4.99 Å². The second-order valence-corrected chi connectivity index (χ2v) is 7.19. The number of nitrogens with zero attached hydrogens (tertiary/aromatic N) is 3. The van der Waals surface area contributed by atoms with Crippen LogP contribution in [0.15, 0.2) is 34.6 Å². The summed E-state index contributed by atoms with van der Waals surface area (Å²) in [7, 11) is 3.77. The third-order valence-corrected chi connectivity index (χ3v) is 5.05. The van der Waals surface area contributed by atoms with E-state index in [1.165, 1.54) is 5.01 Å². The summed E-state index contributed by atoms with van der Waals surface area (Å²) in [5.41, 5.74) is 2.28. The van der Waals surface area contributed by atoms with E-state index in [2.05, 4.69) is 40.6 Å². The molecule has 5 nitrogen and oxygen atoms in total. The third-order valence-electron chi connectivity index (χ3n) is 4.02. The van der Waals surface area contributed by atoms with Gasteiger partial charge in [-0.1, -0.05) is 18.2 Å². The Labute approximate surface area is 161 Å². The third kappa shape index (κ3) is 6.33. The number of aromatic nitrogens is 1. The first-order valence-electron chi connectivity index (χ1n) is 9.16. The smallest absolute Gasteiger partial charge is 0.193 e. The molecule has 1 N–H and O–H groups in total. The van der Waals surface area contributed by atoms with Crippen molar-refractivity contribution in [1.29, 1.82) is 0 Å².